The van der Waals surface area contributed by atoms with Gasteiger partial charge >= 0.3 is 0 Å². The van der Waals surface area contributed by atoms with Crippen LogP contribution < -0.4 is 5.32 Å². The number of nitrogens with one attached hydrogen (secondary N) is 1. The summed E-state index contributed by atoms with van der Waals surface area (Å²) in [4.78, 5) is 24.9. The number of aryl methyl sites for hydroxylation is 1. The van der Waals surface area contributed by atoms with Crippen LogP contribution in [0, 0.1) is 12.7 Å². The van der Waals surface area contributed by atoms with Crippen LogP contribution in [0.3, 0.4) is 0 Å². The van der Waals surface area contributed by atoms with Gasteiger partial charge in [-0.1, -0.05) is 12.1 Å². The van der Waals surface area contributed by atoms with Crippen molar-refractivity contribution in [2.24, 2.45) is 0 Å². The number of carbonyl (C=O) groups excluding carboxylic acids is 2. The van der Waals surface area contributed by atoms with Crippen LogP contribution in [0.15, 0.2) is 18.2 Å². The van der Waals surface area contributed by atoms with Gasteiger partial charge in [0.05, 0.1) is 12.1 Å². The van der Waals surface area contributed by atoms with E-state index in [-0.39, 0.29) is 18.0 Å². The van der Waals surface area contributed by atoms with Gasteiger partial charge in [0.2, 0.25) is 5.91 Å². The molecular weight excluding hydrogens is 235 g/mol. The number of rotatable bonds is 1. The monoisotopic (exact) mass is 250 g/mol. The molecule has 96 valence electrons. The number of halogens is 1. The zero-order valence-corrected chi connectivity index (χ0v) is 10.2. The molecule has 2 amide bonds. The van der Waals surface area contributed by atoms with Crippen molar-refractivity contribution in [3.05, 3.63) is 35.1 Å². The maximum atomic E-state index is 13.9. The molecule has 18 heavy (non-hydrogen) atoms. The van der Waals surface area contributed by atoms with Gasteiger partial charge < -0.3 is 10.2 Å². The first kappa shape index (κ1) is 12.5. The van der Waals surface area contributed by atoms with E-state index in [1.54, 1.807) is 19.1 Å². The van der Waals surface area contributed by atoms with E-state index in [9.17, 15) is 14.0 Å². The average Bonchev–Trinajstić information content (AvgIpc) is 2.56. The van der Waals surface area contributed by atoms with Crippen LogP contribution in [0.25, 0.3) is 0 Å². The molecule has 1 heterocycles. The van der Waals surface area contributed by atoms with E-state index in [0.29, 0.717) is 25.1 Å². The van der Waals surface area contributed by atoms with Gasteiger partial charge in [0, 0.05) is 13.1 Å². The quantitative estimate of drug-likeness (QED) is 0.811. The molecule has 1 fully saturated rings. The van der Waals surface area contributed by atoms with Gasteiger partial charge in [-0.3, -0.25) is 9.59 Å². The van der Waals surface area contributed by atoms with E-state index >= 15 is 0 Å². The Morgan fingerprint density at radius 1 is 1.44 bits per heavy atom. The summed E-state index contributed by atoms with van der Waals surface area (Å²) in [5.74, 6) is -1.13. The second kappa shape index (κ2) is 5.16. The van der Waals surface area contributed by atoms with Crippen LogP contribution in [-0.2, 0) is 4.79 Å². The van der Waals surface area contributed by atoms with E-state index in [0.717, 1.165) is 0 Å². The van der Waals surface area contributed by atoms with Crippen LogP contribution in [0.1, 0.15) is 22.3 Å². The molecule has 5 heteroatoms. The molecule has 0 unspecified atom stereocenters. The minimum Gasteiger partial charge on any atom is -0.354 e. The SMILES string of the molecule is Cc1cccc(C(=O)N2CCCNC(=O)C2)c1F. The molecule has 1 aromatic carbocycles. The molecule has 1 aliphatic heterocycles. The zero-order valence-electron chi connectivity index (χ0n) is 10.2. The molecule has 0 atom stereocenters. The molecule has 1 saturated heterocycles. The Hall–Kier alpha value is -1.91. The Bertz CT molecular complexity index is 488. The van der Waals surface area contributed by atoms with Gasteiger partial charge in [0.1, 0.15) is 5.82 Å². The highest BCUT2D eigenvalue weighted by molar-refractivity contribution is 5.97. The minimum atomic E-state index is -0.507. The van der Waals surface area contributed by atoms with Crippen molar-refractivity contribution >= 4 is 11.8 Å². The maximum Gasteiger partial charge on any atom is 0.257 e. The molecule has 0 aliphatic carbocycles. The van der Waals surface area contributed by atoms with Crippen molar-refractivity contribution in [1.82, 2.24) is 10.2 Å². The smallest absolute Gasteiger partial charge is 0.257 e. The van der Waals surface area contributed by atoms with Gasteiger partial charge in [-0.05, 0) is 25.0 Å². The summed E-state index contributed by atoms with van der Waals surface area (Å²) in [6, 6.07) is 4.71. The summed E-state index contributed by atoms with van der Waals surface area (Å²) in [5, 5.41) is 2.68. The fraction of sp³-hybridized carbons (Fsp3) is 0.385. The van der Waals surface area contributed by atoms with Crippen molar-refractivity contribution in [2.75, 3.05) is 19.6 Å². The molecule has 0 radical (unpaired) electrons. The molecule has 1 N–H and O–H groups in total. The predicted molar refractivity (Wildman–Crippen MR) is 64.7 cm³/mol. The second-order valence-corrected chi connectivity index (χ2v) is 4.37. The van der Waals surface area contributed by atoms with Gasteiger partial charge in [0.25, 0.3) is 5.91 Å². The lowest BCUT2D eigenvalue weighted by molar-refractivity contribution is -0.121. The Morgan fingerprint density at radius 3 is 3.00 bits per heavy atom. The third kappa shape index (κ3) is 2.50. The Labute approximate surface area is 105 Å². The first-order chi connectivity index (χ1) is 8.59. The lowest BCUT2D eigenvalue weighted by Crippen LogP contribution is -2.37. The largest absolute Gasteiger partial charge is 0.354 e. The van der Waals surface area contributed by atoms with Gasteiger partial charge in [-0.2, -0.15) is 0 Å². The van der Waals surface area contributed by atoms with Crippen molar-refractivity contribution in [2.45, 2.75) is 13.3 Å². The highest BCUT2D eigenvalue weighted by Gasteiger charge is 2.23. The summed E-state index contributed by atoms with van der Waals surface area (Å²) >= 11 is 0. The average molecular weight is 250 g/mol. The summed E-state index contributed by atoms with van der Waals surface area (Å²) in [5.41, 5.74) is 0.463. The molecule has 4 nitrogen and oxygen atoms in total. The van der Waals surface area contributed by atoms with E-state index in [1.807, 2.05) is 0 Å². The van der Waals surface area contributed by atoms with Gasteiger partial charge in [-0.25, -0.2) is 4.39 Å². The summed E-state index contributed by atoms with van der Waals surface area (Å²) < 4.78 is 13.9. The fourth-order valence-electron chi connectivity index (χ4n) is 1.96. The Balaban J connectivity index is 2.24. The minimum absolute atomic E-state index is 0.00772. The Morgan fingerprint density at radius 2 is 2.22 bits per heavy atom. The van der Waals surface area contributed by atoms with Crippen LogP contribution in [0.5, 0.6) is 0 Å². The first-order valence-corrected chi connectivity index (χ1v) is 5.90. The van der Waals surface area contributed by atoms with E-state index in [1.165, 1.54) is 11.0 Å². The number of nitrogens with zero attached hydrogens (tertiary/aromatic N) is 1. The van der Waals surface area contributed by atoms with Crippen molar-refractivity contribution in [3.63, 3.8) is 0 Å². The number of benzene rings is 1. The first-order valence-electron chi connectivity index (χ1n) is 5.90. The summed E-state index contributed by atoms with van der Waals surface area (Å²) in [6.45, 7) is 2.62. The third-order valence-electron chi connectivity index (χ3n) is 2.97. The van der Waals surface area contributed by atoms with Crippen molar-refractivity contribution in [1.29, 1.82) is 0 Å². The van der Waals surface area contributed by atoms with E-state index in [4.69, 9.17) is 0 Å². The molecule has 1 aliphatic rings. The van der Waals surface area contributed by atoms with Crippen LogP contribution in [0.4, 0.5) is 4.39 Å². The zero-order chi connectivity index (χ0) is 13.1. The van der Waals surface area contributed by atoms with Crippen LogP contribution >= 0.6 is 0 Å². The standard InChI is InChI=1S/C13H15FN2O2/c1-9-4-2-5-10(12(9)14)13(18)16-7-3-6-15-11(17)8-16/h2,4-5H,3,6-8H2,1H3,(H,15,17). The normalized spacial score (nSPS) is 16.1. The van der Waals surface area contributed by atoms with Crippen molar-refractivity contribution in [3.8, 4) is 0 Å². The highest BCUT2D eigenvalue weighted by atomic mass is 19.1. The fourth-order valence-corrected chi connectivity index (χ4v) is 1.96. The van der Waals surface area contributed by atoms with Crippen LogP contribution in [0.2, 0.25) is 0 Å². The predicted octanol–water partition coefficient (Wildman–Crippen LogP) is 1.10. The molecular formula is C13H15FN2O2. The lowest BCUT2D eigenvalue weighted by Gasteiger charge is -2.19. The molecule has 0 spiro atoms. The molecule has 0 bridgehead atoms. The van der Waals surface area contributed by atoms with E-state index < -0.39 is 11.7 Å². The molecule has 2 rings (SSSR count). The van der Waals surface area contributed by atoms with Gasteiger partial charge in [0.15, 0.2) is 0 Å². The topological polar surface area (TPSA) is 49.4 Å². The Kier molecular flexibility index (Phi) is 3.60. The highest BCUT2D eigenvalue weighted by Crippen LogP contribution is 2.15. The second-order valence-electron chi connectivity index (χ2n) is 4.37. The van der Waals surface area contributed by atoms with Crippen LogP contribution in [-0.4, -0.2) is 36.3 Å². The van der Waals surface area contributed by atoms with E-state index in [2.05, 4.69) is 5.32 Å². The summed E-state index contributed by atoms with van der Waals surface area (Å²) in [7, 11) is 0. The van der Waals surface area contributed by atoms with Crippen molar-refractivity contribution < 1.29 is 14.0 Å². The number of amides is 2. The van der Waals surface area contributed by atoms with Gasteiger partial charge in [-0.15, -0.1) is 0 Å². The number of hydrogen-bond donors (Lipinski definition) is 1. The molecule has 1 aromatic rings. The number of hydrogen-bond acceptors (Lipinski definition) is 2. The molecule has 0 saturated carbocycles. The number of carbonyl (C=O) groups is 2. The lowest BCUT2D eigenvalue weighted by atomic mass is 10.1. The maximum absolute atomic E-state index is 13.9. The third-order valence-corrected chi connectivity index (χ3v) is 2.97. The summed E-state index contributed by atoms with van der Waals surface area (Å²) in [6.07, 6.45) is 0.685. The molecule has 0 aromatic heterocycles.